The SMILES string of the molecule is Cc1occc1C(=O)Nc1ccccc1Sc1ccccc1. The molecule has 110 valence electrons. The molecule has 0 aliphatic heterocycles. The van der Waals surface area contributed by atoms with E-state index < -0.39 is 0 Å². The van der Waals surface area contributed by atoms with Crippen molar-refractivity contribution in [1.29, 1.82) is 0 Å². The van der Waals surface area contributed by atoms with Crippen molar-refractivity contribution in [2.45, 2.75) is 16.7 Å². The highest BCUT2D eigenvalue weighted by atomic mass is 32.2. The molecule has 0 saturated carbocycles. The van der Waals surface area contributed by atoms with Gasteiger partial charge in [-0.3, -0.25) is 4.79 Å². The summed E-state index contributed by atoms with van der Waals surface area (Å²) in [6.45, 7) is 1.78. The van der Waals surface area contributed by atoms with E-state index in [2.05, 4.69) is 5.32 Å². The third-order valence-corrected chi connectivity index (χ3v) is 4.29. The molecule has 22 heavy (non-hydrogen) atoms. The first-order valence-corrected chi connectivity index (χ1v) is 7.73. The van der Waals surface area contributed by atoms with E-state index in [0.717, 1.165) is 15.5 Å². The Balaban J connectivity index is 1.83. The summed E-state index contributed by atoms with van der Waals surface area (Å²) >= 11 is 1.62. The van der Waals surface area contributed by atoms with Gasteiger partial charge in [0, 0.05) is 9.79 Å². The molecule has 0 aliphatic carbocycles. The number of anilines is 1. The Kier molecular flexibility index (Phi) is 4.30. The van der Waals surface area contributed by atoms with Crippen LogP contribution in [0.3, 0.4) is 0 Å². The smallest absolute Gasteiger partial charge is 0.259 e. The molecule has 0 fully saturated rings. The Labute approximate surface area is 133 Å². The van der Waals surface area contributed by atoms with Crippen LogP contribution in [0.1, 0.15) is 16.1 Å². The van der Waals surface area contributed by atoms with Crippen LogP contribution in [0.5, 0.6) is 0 Å². The molecule has 1 amide bonds. The summed E-state index contributed by atoms with van der Waals surface area (Å²) in [5, 5.41) is 2.95. The summed E-state index contributed by atoms with van der Waals surface area (Å²) in [5.41, 5.74) is 1.35. The molecule has 0 bridgehead atoms. The van der Waals surface area contributed by atoms with Gasteiger partial charge in [0.1, 0.15) is 5.76 Å². The minimum Gasteiger partial charge on any atom is -0.469 e. The van der Waals surface area contributed by atoms with E-state index in [0.29, 0.717) is 11.3 Å². The molecule has 4 heteroatoms. The second kappa shape index (κ2) is 6.54. The standard InChI is InChI=1S/C18H15NO2S/c1-13-15(11-12-21-13)18(20)19-16-9-5-6-10-17(16)22-14-7-3-2-4-8-14/h2-12H,1H3,(H,19,20). The Hall–Kier alpha value is -2.46. The number of hydrogen-bond acceptors (Lipinski definition) is 3. The predicted octanol–water partition coefficient (Wildman–Crippen LogP) is 4.99. The van der Waals surface area contributed by atoms with Crippen molar-refractivity contribution in [3.8, 4) is 0 Å². The molecule has 0 atom stereocenters. The Morgan fingerprint density at radius 2 is 1.73 bits per heavy atom. The maximum absolute atomic E-state index is 12.3. The van der Waals surface area contributed by atoms with Gasteiger partial charge in [0.25, 0.3) is 5.91 Å². The first kappa shape index (κ1) is 14.5. The summed E-state index contributed by atoms with van der Waals surface area (Å²) in [6, 6.07) is 19.5. The number of para-hydroxylation sites is 1. The van der Waals surface area contributed by atoms with Gasteiger partial charge in [-0.25, -0.2) is 0 Å². The van der Waals surface area contributed by atoms with Crippen molar-refractivity contribution < 1.29 is 9.21 Å². The van der Waals surface area contributed by atoms with Crippen LogP contribution in [0, 0.1) is 6.92 Å². The number of rotatable bonds is 4. The lowest BCUT2D eigenvalue weighted by molar-refractivity contribution is 0.102. The van der Waals surface area contributed by atoms with Gasteiger partial charge in [0.15, 0.2) is 0 Å². The lowest BCUT2D eigenvalue weighted by Gasteiger charge is -2.10. The molecular formula is C18H15NO2S. The third-order valence-electron chi connectivity index (χ3n) is 3.21. The van der Waals surface area contributed by atoms with E-state index in [-0.39, 0.29) is 5.91 Å². The third kappa shape index (κ3) is 3.23. The van der Waals surface area contributed by atoms with Gasteiger partial charge in [0.2, 0.25) is 0 Å². The molecule has 1 heterocycles. The van der Waals surface area contributed by atoms with Crippen LogP contribution in [0.4, 0.5) is 5.69 Å². The Bertz CT molecular complexity index is 781. The van der Waals surface area contributed by atoms with Gasteiger partial charge in [-0.2, -0.15) is 0 Å². The zero-order chi connectivity index (χ0) is 15.4. The topological polar surface area (TPSA) is 42.2 Å². The van der Waals surface area contributed by atoms with Crippen molar-refractivity contribution in [2.24, 2.45) is 0 Å². The average molecular weight is 309 g/mol. The number of furan rings is 1. The lowest BCUT2D eigenvalue weighted by atomic mass is 10.2. The summed E-state index contributed by atoms with van der Waals surface area (Å²) in [4.78, 5) is 14.5. The van der Waals surface area contributed by atoms with Crippen LogP contribution in [0.15, 0.2) is 81.1 Å². The minimum absolute atomic E-state index is 0.160. The molecule has 0 unspecified atom stereocenters. The van der Waals surface area contributed by atoms with E-state index in [1.54, 1.807) is 24.8 Å². The predicted molar refractivity (Wildman–Crippen MR) is 88.4 cm³/mol. The molecular weight excluding hydrogens is 294 g/mol. The Morgan fingerprint density at radius 1 is 1.00 bits per heavy atom. The normalized spacial score (nSPS) is 10.4. The van der Waals surface area contributed by atoms with E-state index in [1.165, 1.54) is 6.26 Å². The molecule has 3 rings (SSSR count). The highest BCUT2D eigenvalue weighted by molar-refractivity contribution is 7.99. The maximum atomic E-state index is 12.3. The van der Waals surface area contributed by atoms with Crippen LogP contribution in [0.25, 0.3) is 0 Å². The molecule has 3 nitrogen and oxygen atoms in total. The first-order valence-electron chi connectivity index (χ1n) is 6.91. The second-order valence-corrected chi connectivity index (χ2v) is 5.87. The molecule has 0 saturated heterocycles. The Morgan fingerprint density at radius 3 is 2.45 bits per heavy atom. The van der Waals surface area contributed by atoms with Crippen LogP contribution < -0.4 is 5.32 Å². The van der Waals surface area contributed by atoms with Crippen LogP contribution >= 0.6 is 11.8 Å². The second-order valence-electron chi connectivity index (χ2n) is 4.76. The fourth-order valence-electron chi connectivity index (χ4n) is 2.08. The molecule has 0 spiro atoms. The van der Waals surface area contributed by atoms with Gasteiger partial charge in [0.05, 0.1) is 17.5 Å². The molecule has 2 aromatic carbocycles. The minimum atomic E-state index is -0.160. The molecule has 3 aromatic rings. The van der Waals surface area contributed by atoms with Crippen LogP contribution in [-0.2, 0) is 0 Å². The van der Waals surface area contributed by atoms with Crippen molar-refractivity contribution in [1.82, 2.24) is 0 Å². The molecule has 1 aromatic heterocycles. The fourth-order valence-corrected chi connectivity index (χ4v) is 3.01. The van der Waals surface area contributed by atoms with Crippen molar-refractivity contribution >= 4 is 23.4 Å². The number of aryl methyl sites for hydroxylation is 1. The maximum Gasteiger partial charge on any atom is 0.259 e. The van der Waals surface area contributed by atoms with Gasteiger partial charge in [-0.05, 0) is 37.3 Å². The van der Waals surface area contributed by atoms with Gasteiger partial charge in [-0.1, -0.05) is 42.1 Å². The molecule has 1 N–H and O–H groups in total. The zero-order valence-corrected chi connectivity index (χ0v) is 12.9. The monoisotopic (exact) mass is 309 g/mol. The van der Waals surface area contributed by atoms with E-state index in [9.17, 15) is 4.79 Å². The zero-order valence-electron chi connectivity index (χ0n) is 12.1. The number of carbonyl (C=O) groups is 1. The van der Waals surface area contributed by atoms with Crippen molar-refractivity contribution in [2.75, 3.05) is 5.32 Å². The van der Waals surface area contributed by atoms with Gasteiger partial charge >= 0.3 is 0 Å². The average Bonchev–Trinajstić information content (AvgIpc) is 2.96. The number of nitrogens with one attached hydrogen (secondary N) is 1. The van der Waals surface area contributed by atoms with Gasteiger partial charge in [-0.15, -0.1) is 0 Å². The summed E-state index contributed by atoms with van der Waals surface area (Å²) in [6.07, 6.45) is 1.52. The quantitative estimate of drug-likeness (QED) is 0.738. The lowest BCUT2D eigenvalue weighted by Crippen LogP contribution is -2.12. The van der Waals surface area contributed by atoms with E-state index >= 15 is 0 Å². The fraction of sp³-hybridized carbons (Fsp3) is 0.0556. The first-order chi connectivity index (χ1) is 10.7. The van der Waals surface area contributed by atoms with E-state index in [4.69, 9.17) is 4.42 Å². The highest BCUT2D eigenvalue weighted by Gasteiger charge is 2.13. The van der Waals surface area contributed by atoms with Crippen molar-refractivity contribution in [3.63, 3.8) is 0 Å². The van der Waals surface area contributed by atoms with Crippen LogP contribution in [0.2, 0.25) is 0 Å². The number of benzene rings is 2. The van der Waals surface area contributed by atoms with E-state index in [1.807, 2.05) is 54.6 Å². The largest absolute Gasteiger partial charge is 0.469 e. The number of hydrogen-bond donors (Lipinski definition) is 1. The number of carbonyl (C=O) groups excluding carboxylic acids is 1. The highest BCUT2D eigenvalue weighted by Crippen LogP contribution is 2.33. The van der Waals surface area contributed by atoms with Crippen LogP contribution in [-0.4, -0.2) is 5.91 Å². The summed E-state index contributed by atoms with van der Waals surface area (Å²) in [5.74, 6) is 0.457. The molecule has 0 radical (unpaired) electrons. The van der Waals surface area contributed by atoms with Gasteiger partial charge < -0.3 is 9.73 Å². The number of amides is 1. The summed E-state index contributed by atoms with van der Waals surface area (Å²) in [7, 11) is 0. The summed E-state index contributed by atoms with van der Waals surface area (Å²) < 4.78 is 5.18. The molecule has 0 aliphatic rings. The van der Waals surface area contributed by atoms with Crippen molar-refractivity contribution in [3.05, 3.63) is 78.3 Å².